The number of nitrogens with one attached hydrogen (secondary N) is 2. The van der Waals surface area contributed by atoms with Gasteiger partial charge in [0.05, 0.1) is 0 Å². The van der Waals surface area contributed by atoms with E-state index in [9.17, 15) is 9.59 Å². The molecule has 0 radical (unpaired) electrons. The summed E-state index contributed by atoms with van der Waals surface area (Å²) in [5.74, 6) is 3.29. The van der Waals surface area contributed by atoms with Gasteiger partial charge in [0.25, 0.3) is 0 Å². The number of hydrogen-bond acceptors (Lipinski definition) is 2. The van der Waals surface area contributed by atoms with Gasteiger partial charge < -0.3 is 15.5 Å². The van der Waals surface area contributed by atoms with Crippen molar-refractivity contribution in [2.24, 2.45) is 34.5 Å². The van der Waals surface area contributed by atoms with Crippen LogP contribution in [-0.2, 0) is 4.79 Å². The first-order valence-electron chi connectivity index (χ1n) is 14.6. The molecule has 5 nitrogen and oxygen atoms in total. The van der Waals surface area contributed by atoms with E-state index in [4.69, 9.17) is 0 Å². The highest BCUT2D eigenvalue weighted by Gasteiger charge is 2.60. The Hall–Kier alpha value is -1.26. The number of amides is 3. The van der Waals surface area contributed by atoms with Crippen molar-refractivity contribution in [2.75, 3.05) is 20.1 Å². The van der Waals surface area contributed by atoms with E-state index in [1.165, 1.54) is 70.6 Å². The summed E-state index contributed by atoms with van der Waals surface area (Å²) in [6, 6.07) is 0.464. The number of carbonyl (C=O) groups excluding carboxylic acids is 2. The number of nitrogens with zero attached hydrogens (tertiary/aromatic N) is 1. The summed E-state index contributed by atoms with van der Waals surface area (Å²) in [6.07, 6.45) is 16.9. The quantitative estimate of drug-likeness (QED) is 0.396. The third kappa shape index (κ3) is 4.87. The molecule has 2 N–H and O–H groups in total. The normalized spacial score (nSPS) is 39.2. The molecule has 0 bridgehead atoms. The molecule has 5 heteroatoms. The molecule has 4 aliphatic rings. The number of hydrogen-bond donors (Lipinski definition) is 2. The van der Waals surface area contributed by atoms with Gasteiger partial charge >= 0.3 is 6.03 Å². The van der Waals surface area contributed by atoms with Crippen LogP contribution in [0.25, 0.3) is 0 Å². The Labute approximate surface area is 208 Å². The van der Waals surface area contributed by atoms with E-state index in [1.54, 1.807) is 0 Å². The average Bonchev–Trinajstić information content (AvgIpc) is 3.16. The van der Waals surface area contributed by atoms with Crippen molar-refractivity contribution in [1.82, 2.24) is 15.5 Å². The van der Waals surface area contributed by atoms with Crippen LogP contribution in [0, 0.1) is 34.5 Å². The zero-order chi connectivity index (χ0) is 24.3. The Morgan fingerprint density at radius 3 is 2.44 bits per heavy atom. The maximum atomic E-state index is 12.4. The van der Waals surface area contributed by atoms with Crippen molar-refractivity contribution in [3.05, 3.63) is 0 Å². The molecule has 3 amide bonds. The lowest BCUT2D eigenvalue weighted by molar-refractivity contribution is -0.158. The van der Waals surface area contributed by atoms with E-state index in [2.05, 4.69) is 36.3 Å². The van der Waals surface area contributed by atoms with Crippen LogP contribution in [-0.4, -0.2) is 43.0 Å². The lowest BCUT2D eigenvalue weighted by Crippen LogP contribution is -2.61. The Bertz CT molecular complexity index is 726. The summed E-state index contributed by atoms with van der Waals surface area (Å²) in [7, 11) is 2.05. The molecule has 7 atom stereocenters. The first kappa shape index (κ1) is 25.8. The van der Waals surface area contributed by atoms with Gasteiger partial charge in [-0.1, -0.05) is 52.9 Å². The molecule has 0 aromatic heterocycles. The molecule has 34 heavy (non-hydrogen) atoms. The molecule has 0 aromatic rings. The van der Waals surface area contributed by atoms with E-state index in [1.807, 2.05) is 7.05 Å². The molecule has 1 unspecified atom stereocenters. The molecule has 0 spiro atoms. The second-order valence-corrected chi connectivity index (χ2v) is 12.7. The highest BCUT2D eigenvalue weighted by molar-refractivity contribution is 5.77. The van der Waals surface area contributed by atoms with Crippen LogP contribution in [0.4, 0.5) is 4.79 Å². The number of piperidine rings is 1. The third-order valence-corrected chi connectivity index (χ3v) is 11.1. The minimum absolute atomic E-state index is 0.0252. The third-order valence-electron chi connectivity index (χ3n) is 11.1. The second kappa shape index (κ2) is 10.8. The molecular weight excluding hydrogens is 422 g/mol. The van der Waals surface area contributed by atoms with Crippen molar-refractivity contribution in [2.45, 2.75) is 117 Å². The number of carbonyl (C=O) groups is 2. The van der Waals surface area contributed by atoms with Crippen LogP contribution in [0.15, 0.2) is 0 Å². The van der Waals surface area contributed by atoms with Crippen molar-refractivity contribution in [3.8, 4) is 0 Å². The van der Waals surface area contributed by atoms with E-state index in [0.717, 1.165) is 50.1 Å². The average molecular weight is 474 g/mol. The second-order valence-electron chi connectivity index (χ2n) is 12.7. The zero-order valence-corrected chi connectivity index (χ0v) is 22.5. The first-order chi connectivity index (χ1) is 16.3. The van der Waals surface area contributed by atoms with E-state index >= 15 is 0 Å². The highest BCUT2D eigenvalue weighted by Crippen LogP contribution is 2.66. The monoisotopic (exact) mass is 473 g/mol. The number of rotatable bonds is 9. The number of fused-ring (bicyclic) bond motifs is 5. The zero-order valence-electron chi connectivity index (χ0n) is 22.5. The lowest BCUT2D eigenvalue weighted by Gasteiger charge is -2.61. The molecule has 3 aliphatic carbocycles. The Kier molecular flexibility index (Phi) is 8.19. The maximum Gasteiger partial charge on any atom is 0.314 e. The van der Waals surface area contributed by atoms with Gasteiger partial charge in [-0.05, 0) is 85.9 Å². The van der Waals surface area contributed by atoms with Crippen LogP contribution in [0.1, 0.15) is 111 Å². The van der Waals surface area contributed by atoms with Crippen molar-refractivity contribution in [1.29, 1.82) is 0 Å². The van der Waals surface area contributed by atoms with Gasteiger partial charge in [-0.15, -0.1) is 0 Å². The molecule has 194 valence electrons. The van der Waals surface area contributed by atoms with Gasteiger partial charge in [0.1, 0.15) is 0 Å². The maximum absolute atomic E-state index is 12.4. The van der Waals surface area contributed by atoms with Gasteiger partial charge in [0.15, 0.2) is 0 Å². The minimum Gasteiger partial charge on any atom is -0.342 e. The van der Waals surface area contributed by atoms with Crippen molar-refractivity contribution < 1.29 is 9.59 Å². The molecule has 1 heterocycles. The number of likely N-dealkylation sites (tertiary alicyclic amines) is 1. The minimum atomic E-state index is 0.0252. The van der Waals surface area contributed by atoms with E-state index < -0.39 is 0 Å². The molecule has 1 saturated heterocycles. The molecule has 0 aromatic carbocycles. The molecule has 4 fully saturated rings. The summed E-state index contributed by atoms with van der Waals surface area (Å²) in [6.45, 7) is 8.90. The first-order valence-corrected chi connectivity index (χ1v) is 14.6. The van der Waals surface area contributed by atoms with Gasteiger partial charge in [0.2, 0.25) is 5.91 Å². The van der Waals surface area contributed by atoms with Crippen molar-refractivity contribution >= 4 is 11.9 Å². The Morgan fingerprint density at radius 1 is 0.912 bits per heavy atom. The summed E-state index contributed by atoms with van der Waals surface area (Å²) in [5.41, 5.74) is 0.646. The highest BCUT2D eigenvalue weighted by atomic mass is 16.2. The van der Waals surface area contributed by atoms with Gasteiger partial charge in [0, 0.05) is 32.6 Å². The van der Waals surface area contributed by atoms with Crippen LogP contribution in [0.2, 0.25) is 0 Å². The predicted molar refractivity (Wildman–Crippen MR) is 138 cm³/mol. The Balaban J connectivity index is 1.27. The fourth-order valence-electron chi connectivity index (χ4n) is 8.98. The molecule has 1 aliphatic heterocycles. The summed E-state index contributed by atoms with van der Waals surface area (Å²) in [5, 5.41) is 6.32. The fourth-order valence-corrected chi connectivity index (χ4v) is 8.98. The molecule has 3 saturated carbocycles. The number of urea groups is 1. The van der Waals surface area contributed by atoms with Crippen molar-refractivity contribution in [3.63, 3.8) is 0 Å². The summed E-state index contributed by atoms with van der Waals surface area (Å²) < 4.78 is 0. The lowest BCUT2D eigenvalue weighted by atomic mass is 9.47. The smallest absolute Gasteiger partial charge is 0.314 e. The van der Waals surface area contributed by atoms with Crippen LogP contribution >= 0.6 is 0 Å². The van der Waals surface area contributed by atoms with Crippen LogP contribution < -0.4 is 10.6 Å². The fraction of sp³-hybridized carbons (Fsp3) is 0.931. The van der Waals surface area contributed by atoms with Crippen LogP contribution in [0.3, 0.4) is 0 Å². The SMILES string of the molecule is CCCCCCCCNC(=O)NCC1CC[C@H]2[C@@H]3CC[C@H]4N(C)C(=O)CC[C@]4(C)[C@H]3CC[C@]12C. The van der Waals surface area contributed by atoms with Gasteiger partial charge in [-0.25, -0.2) is 4.79 Å². The van der Waals surface area contributed by atoms with E-state index in [0.29, 0.717) is 28.7 Å². The summed E-state index contributed by atoms with van der Waals surface area (Å²) in [4.78, 5) is 26.9. The van der Waals surface area contributed by atoms with E-state index in [-0.39, 0.29) is 6.03 Å². The van der Waals surface area contributed by atoms with Gasteiger partial charge in [-0.3, -0.25) is 4.79 Å². The predicted octanol–water partition coefficient (Wildman–Crippen LogP) is 6.13. The van der Waals surface area contributed by atoms with Crippen LogP contribution in [0.5, 0.6) is 0 Å². The Morgan fingerprint density at radius 2 is 1.65 bits per heavy atom. The molecule has 4 rings (SSSR count). The molecular formula is C29H51N3O2. The number of unbranched alkanes of at least 4 members (excludes halogenated alkanes) is 5. The largest absolute Gasteiger partial charge is 0.342 e. The topological polar surface area (TPSA) is 61.4 Å². The summed E-state index contributed by atoms with van der Waals surface area (Å²) >= 11 is 0. The van der Waals surface area contributed by atoms with Gasteiger partial charge in [-0.2, -0.15) is 0 Å². The standard InChI is InChI=1S/C29H51N3O2/c1-5-6-7-8-9-10-19-30-27(34)31-20-21-11-13-23-22-12-14-25-29(3,18-16-26(33)32(25)4)24(22)15-17-28(21,23)2/h21-25H,5-20H2,1-4H3,(H2,30,31,34)/t21?,22-,23-,24-,25+,28+,29+/m0/s1.